The molecule has 0 N–H and O–H groups in total. The summed E-state index contributed by atoms with van der Waals surface area (Å²) in [5.74, 6) is 6.04. The van der Waals surface area contributed by atoms with E-state index in [2.05, 4.69) is 13.0 Å². The lowest BCUT2D eigenvalue weighted by molar-refractivity contribution is -0.168. The maximum Gasteiger partial charge on any atom is 0.331 e. The van der Waals surface area contributed by atoms with E-state index >= 15 is 0 Å². The summed E-state index contributed by atoms with van der Waals surface area (Å²) in [6.07, 6.45) is 12.7. The van der Waals surface area contributed by atoms with Crippen LogP contribution in [0, 0.1) is 52.8 Å². The van der Waals surface area contributed by atoms with Crippen molar-refractivity contribution in [3.8, 4) is 0 Å². The molecule has 0 radical (unpaired) electrons. The Balaban J connectivity index is 1.32. The van der Waals surface area contributed by atoms with Crippen LogP contribution in [0.3, 0.4) is 0 Å². The molecule has 5 saturated carbocycles. The Morgan fingerprint density at radius 3 is 2.77 bits per heavy atom. The first-order valence-corrected chi connectivity index (χ1v) is 10.7. The van der Waals surface area contributed by atoms with Crippen molar-refractivity contribution in [2.75, 3.05) is 0 Å². The zero-order chi connectivity index (χ0) is 17.4. The molecule has 136 valence electrons. The molecule has 0 aromatic rings. The van der Waals surface area contributed by atoms with E-state index in [1.807, 2.05) is 6.08 Å². The average Bonchev–Trinajstić information content (AvgIpc) is 3.51. The van der Waals surface area contributed by atoms with Gasteiger partial charge in [0.15, 0.2) is 5.78 Å². The van der Waals surface area contributed by atoms with Gasteiger partial charge in [-0.25, -0.2) is 4.79 Å². The molecule has 3 unspecified atom stereocenters. The molecular formula is C23H26O3. The van der Waals surface area contributed by atoms with Gasteiger partial charge in [-0.1, -0.05) is 12.5 Å². The quantitative estimate of drug-likeness (QED) is 0.626. The van der Waals surface area contributed by atoms with E-state index in [0.717, 1.165) is 42.4 Å². The third kappa shape index (κ3) is 1.44. The minimum atomic E-state index is -0.298. The third-order valence-corrected chi connectivity index (χ3v) is 9.86. The van der Waals surface area contributed by atoms with Gasteiger partial charge in [0.2, 0.25) is 0 Å². The highest BCUT2D eigenvalue weighted by Crippen LogP contribution is 2.80. The Bertz CT molecular complexity index is 823. The number of rotatable bonds is 0. The van der Waals surface area contributed by atoms with E-state index in [0.29, 0.717) is 23.5 Å². The van der Waals surface area contributed by atoms with Gasteiger partial charge < -0.3 is 4.74 Å². The molecule has 1 heterocycles. The number of ether oxygens (including phenoxy) is 1. The van der Waals surface area contributed by atoms with Gasteiger partial charge in [-0.3, -0.25) is 4.79 Å². The lowest BCUT2D eigenvalue weighted by atomic mass is 9.49. The van der Waals surface area contributed by atoms with Gasteiger partial charge in [0.25, 0.3) is 0 Å². The minimum Gasteiger partial charge on any atom is -0.451 e. The maximum atomic E-state index is 12.0. The van der Waals surface area contributed by atoms with Crippen molar-refractivity contribution in [1.29, 1.82) is 0 Å². The van der Waals surface area contributed by atoms with Gasteiger partial charge >= 0.3 is 5.97 Å². The predicted molar refractivity (Wildman–Crippen MR) is 94.8 cm³/mol. The van der Waals surface area contributed by atoms with Crippen molar-refractivity contribution in [3.63, 3.8) is 0 Å². The fourth-order valence-electron chi connectivity index (χ4n) is 8.94. The molecule has 0 amide bonds. The smallest absolute Gasteiger partial charge is 0.331 e. The molecule has 0 aromatic carbocycles. The fraction of sp³-hybridized carbons (Fsp3) is 0.739. The summed E-state index contributed by atoms with van der Waals surface area (Å²) in [4.78, 5) is 24.0. The SMILES string of the molecule is C[C@]12CCC3C(C1[C@@H]1C[C@@H]1[C@@]21C=CC(=O)O1)[C@H]1C[C@H]1C1=CC(=O)CC[C@@H]13. The van der Waals surface area contributed by atoms with Crippen molar-refractivity contribution in [3.05, 3.63) is 23.8 Å². The average molecular weight is 350 g/mol. The number of allylic oxidation sites excluding steroid dienone is 1. The zero-order valence-electron chi connectivity index (χ0n) is 15.3. The van der Waals surface area contributed by atoms with Crippen LogP contribution in [0.2, 0.25) is 0 Å². The van der Waals surface area contributed by atoms with Crippen LogP contribution >= 0.6 is 0 Å². The van der Waals surface area contributed by atoms with Gasteiger partial charge in [0, 0.05) is 23.8 Å². The van der Waals surface area contributed by atoms with E-state index in [4.69, 9.17) is 4.74 Å². The molecule has 6 aliphatic carbocycles. The molecule has 0 bridgehead atoms. The molecule has 7 rings (SSSR count). The van der Waals surface area contributed by atoms with E-state index < -0.39 is 0 Å². The molecule has 5 fully saturated rings. The number of esters is 1. The maximum absolute atomic E-state index is 12.0. The summed E-state index contributed by atoms with van der Waals surface area (Å²) in [5, 5.41) is 0. The van der Waals surface area contributed by atoms with Gasteiger partial charge in [-0.05, 0) is 85.7 Å². The molecule has 10 atom stereocenters. The molecule has 1 spiro atoms. The molecule has 3 heteroatoms. The van der Waals surface area contributed by atoms with E-state index in [-0.39, 0.29) is 17.0 Å². The van der Waals surface area contributed by atoms with Crippen molar-refractivity contribution < 1.29 is 14.3 Å². The van der Waals surface area contributed by atoms with Crippen LogP contribution in [0.5, 0.6) is 0 Å². The van der Waals surface area contributed by atoms with Crippen LogP contribution in [-0.4, -0.2) is 17.4 Å². The minimum absolute atomic E-state index is 0.122. The number of carbonyl (C=O) groups excluding carboxylic acids is 2. The summed E-state index contributed by atoms with van der Waals surface area (Å²) in [7, 11) is 0. The van der Waals surface area contributed by atoms with E-state index in [1.165, 1.54) is 31.3 Å². The number of ketones is 1. The number of carbonyl (C=O) groups is 2. The summed E-state index contributed by atoms with van der Waals surface area (Å²) in [6, 6.07) is 0. The second-order valence-corrected chi connectivity index (χ2v) is 10.5. The Morgan fingerprint density at radius 1 is 1.08 bits per heavy atom. The van der Waals surface area contributed by atoms with E-state index in [1.54, 1.807) is 6.08 Å². The van der Waals surface area contributed by atoms with Crippen LogP contribution in [0.15, 0.2) is 23.8 Å². The standard InChI is InChI=1S/C23H26O3/c1-22-6-4-13-12-3-2-11(24)8-14(12)15-9-16(15)20(13)21(22)17-10-18(17)23(22)7-5-19(25)26-23/h5,7-8,12-13,15-18,20-21H,2-4,6,9-10H2,1H3/t12-,13?,15+,16+,17-,18+,20?,21?,22+,23+/m1/s1. The topological polar surface area (TPSA) is 43.4 Å². The lowest BCUT2D eigenvalue weighted by Gasteiger charge is -2.56. The molecule has 26 heavy (non-hydrogen) atoms. The molecule has 0 saturated heterocycles. The molecule has 1 aliphatic heterocycles. The Hall–Kier alpha value is -1.38. The Morgan fingerprint density at radius 2 is 1.96 bits per heavy atom. The molecule has 7 aliphatic rings. The second kappa shape index (κ2) is 4.20. The fourth-order valence-corrected chi connectivity index (χ4v) is 8.94. The van der Waals surface area contributed by atoms with Gasteiger partial charge in [-0.15, -0.1) is 0 Å². The van der Waals surface area contributed by atoms with Crippen molar-refractivity contribution >= 4 is 11.8 Å². The van der Waals surface area contributed by atoms with Crippen LogP contribution in [0.1, 0.15) is 45.4 Å². The predicted octanol–water partition coefficient (Wildman–Crippen LogP) is 3.69. The van der Waals surface area contributed by atoms with Gasteiger partial charge in [-0.2, -0.15) is 0 Å². The molecule has 0 aromatic heterocycles. The first-order valence-electron chi connectivity index (χ1n) is 10.7. The Kier molecular flexibility index (Phi) is 2.37. The highest BCUT2D eigenvalue weighted by molar-refractivity contribution is 5.91. The number of hydrogen-bond donors (Lipinski definition) is 0. The summed E-state index contributed by atoms with van der Waals surface area (Å²) in [6.45, 7) is 2.44. The summed E-state index contributed by atoms with van der Waals surface area (Å²) in [5.41, 5.74) is 1.36. The molecule has 3 nitrogen and oxygen atoms in total. The monoisotopic (exact) mass is 350 g/mol. The second-order valence-electron chi connectivity index (χ2n) is 10.5. The van der Waals surface area contributed by atoms with Crippen LogP contribution in [0.4, 0.5) is 0 Å². The Labute approximate surface area is 154 Å². The van der Waals surface area contributed by atoms with Gasteiger partial charge in [0.1, 0.15) is 5.60 Å². The van der Waals surface area contributed by atoms with Crippen LogP contribution in [0.25, 0.3) is 0 Å². The lowest BCUT2D eigenvalue weighted by Crippen LogP contribution is -2.55. The summed E-state index contributed by atoms with van der Waals surface area (Å²) < 4.78 is 6.08. The first kappa shape index (κ1) is 14.6. The third-order valence-electron chi connectivity index (χ3n) is 9.86. The van der Waals surface area contributed by atoms with Crippen molar-refractivity contribution in [1.82, 2.24) is 0 Å². The van der Waals surface area contributed by atoms with Crippen molar-refractivity contribution in [2.24, 2.45) is 52.8 Å². The van der Waals surface area contributed by atoms with Crippen LogP contribution in [-0.2, 0) is 14.3 Å². The normalized spacial score (nSPS) is 60.4. The zero-order valence-corrected chi connectivity index (χ0v) is 15.3. The highest BCUT2D eigenvalue weighted by Gasteiger charge is 2.79. The highest BCUT2D eigenvalue weighted by atomic mass is 16.6. The van der Waals surface area contributed by atoms with Crippen LogP contribution < -0.4 is 0 Å². The van der Waals surface area contributed by atoms with Crippen molar-refractivity contribution in [2.45, 2.75) is 51.0 Å². The first-order chi connectivity index (χ1) is 12.5. The molecular weight excluding hydrogens is 324 g/mol. The van der Waals surface area contributed by atoms with Gasteiger partial charge in [0.05, 0.1) is 0 Å². The number of fused-ring (bicyclic) bond motifs is 12. The summed E-state index contributed by atoms with van der Waals surface area (Å²) >= 11 is 0. The number of hydrogen-bond acceptors (Lipinski definition) is 3. The van der Waals surface area contributed by atoms with E-state index in [9.17, 15) is 9.59 Å². The largest absolute Gasteiger partial charge is 0.451 e.